The van der Waals surface area contributed by atoms with Crippen LogP contribution >= 0.6 is 24.8 Å². The summed E-state index contributed by atoms with van der Waals surface area (Å²) in [7, 11) is 0. The van der Waals surface area contributed by atoms with Gasteiger partial charge in [0.1, 0.15) is 0 Å². The number of hydrogen-bond acceptors (Lipinski definition) is 0. The molecule has 0 spiro atoms. The standard InChI is InChI=1S/C22H25.C21H20F3.2CH3.2ClH.H2Si.Zr/c1-15(2)18-13-17-7-6-8-20(21(17)14-18)16-9-11-19(12-10-16)22(3,4)5;1-13-11-17-16(9-10-19(18(17)12-13)21(22,23)24)14-5-7-15(8-6-14)20(2,3)4;;;;;;/h6-15H,1-5H3;5-12H,1-4H3;2*1H3;2*1H;1H2;. The molecule has 0 saturated carbocycles. The third kappa shape index (κ3) is 7.43. The second kappa shape index (κ2) is 14.2. The predicted molar refractivity (Wildman–Crippen MR) is 223 cm³/mol. The van der Waals surface area contributed by atoms with Gasteiger partial charge in [-0.05, 0) is 0 Å². The second-order valence-corrected chi connectivity index (χ2v) is 48.9. The molecular weight excluding hydrogens is 788 g/mol. The maximum absolute atomic E-state index is 15.1. The molecule has 4 aromatic rings. The number of allylic oxidation sites excluding steroid dienone is 2. The smallest absolute Gasteiger partial charge is 0.147 e. The maximum atomic E-state index is 15.1. The van der Waals surface area contributed by atoms with Crippen LogP contribution in [0.5, 0.6) is 0 Å². The van der Waals surface area contributed by atoms with Crippen LogP contribution in [-0.2, 0) is 34.4 Å². The van der Waals surface area contributed by atoms with Crippen LogP contribution in [0.15, 0.2) is 90.0 Å². The minimum Gasteiger partial charge on any atom is -0.147 e. The first-order valence-corrected chi connectivity index (χ1v) is 31.7. The molecule has 0 aromatic heterocycles. The van der Waals surface area contributed by atoms with Gasteiger partial charge in [0.2, 0.25) is 0 Å². The molecule has 2 aliphatic carbocycles. The second-order valence-electron chi connectivity index (χ2n) is 18.4. The van der Waals surface area contributed by atoms with E-state index in [1.165, 1.54) is 45.0 Å². The van der Waals surface area contributed by atoms with E-state index in [-0.39, 0.29) is 48.8 Å². The van der Waals surface area contributed by atoms with E-state index in [0.717, 1.165) is 22.3 Å². The normalized spacial score (nSPS) is 17.5. The molecular formula is C45H55Cl2F3SiZr. The summed E-state index contributed by atoms with van der Waals surface area (Å²) in [4.78, 5) is 0. The Bertz CT molecular complexity index is 2120. The summed E-state index contributed by atoms with van der Waals surface area (Å²) in [6.07, 6.45) is 0.0462. The van der Waals surface area contributed by atoms with Gasteiger partial charge in [0.05, 0.1) is 0 Å². The summed E-state index contributed by atoms with van der Waals surface area (Å²) in [5.41, 5.74) is 12.5. The van der Waals surface area contributed by atoms with Crippen molar-refractivity contribution in [2.75, 3.05) is 0 Å². The van der Waals surface area contributed by atoms with Crippen molar-refractivity contribution in [3.05, 3.63) is 129 Å². The first kappa shape index (κ1) is 42.6. The van der Waals surface area contributed by atoms with Gasteiger partial charge >= 0.3 is 303 Å². The number of hydrogen-bond donors (Lipinski definition) is 0. The van der Waals surface area contributed by atoms with E-state index < -0.39 is 29.1 Å². The zero-order valence-corrected chi connectivity index (χ0v) is 38.1. The van der Waals surface area contributed by atoms with Crippen LogP contribution in [0.1, 0.15) is 109 Å². The van der Waals surface area contributed by atoms with Gasteiger partial charge in [-0.15, -0.1) is 24.8 Å². The average Bonchev–Trinajstić information content (AvgIpc) is 3.59. The van der Waals surface area contributed by atoms with Gasteiger partial charge in [-0.25, -0.2) is 0 Å². The Morgan fingerprint density at radius 1 is 0.635 bits per heavy atom. The quantitative estimate of drug-likeness (QED) is 0.176. The summed E-state index contributed by atoms with van der Waals surface area (Å²) in [5, 5.41) is 0. The fourth-order valence-corrected chi connectivity index (χ4v) is 29.5. The van der Waals surface area contributed by atoms with Crippen LogP contribution in [0, 0.1) is 5.92 Å². The summed E-state index contributed by atoms with van der Waals surface area (Å²) in [6, 6.07) is 27.0. The van der Waals surface area contributed by atoms with Crippen molar-refractivity contribution in [2.45, 2.75) is 95.8 Å². The molecule has 0 radical (unpaired) electrons. The van der Waals surface area contributed by atoms with E-state index in [1.54, 1.807) is 6.07 Å². The molecule has 0 N–H and O–H groups in total. The SMILES string of the molecule is CC1=Cc2c(-c3ccc(C(C)(C)C)cc3)ccc(C(F)(F)F)c2[CH]1[Zr]([CH3])([CH3])(=[SiH2])[CH]1C(C(C)C)=Cc2c(-c3ccc(C(C)(C)C)cc3)cccc21.Cl.Cl. The molecule has 0 fully saturated rings. The third-order valence-corrected chi connectivity index (χ3v) is 29.1. The van der Waals surface area contributed by atoms with Crippen LogP contribution in [0.3, 0.4) is 0 Å². The minimum absolute atomic E-state index is 0. The molecule has 0 saturated heterocycles. The molecule has 52 heavy (non-hydrogen) atoms. The molecule has 0 nitrogen and oxygen atoms in total. The molecule has 0 amide bonds. The van der Waals surface area contributed by atoms with Crippen LogP contribution in [0.4, 0.5) is 13.2 Å². The summed E-state index contributed by atoms with van der Waals surface area (Å²) >= 11 is -4.32. The molecule has 2 atom stereocenters. The number of rotatable bonds is 5. The number of alkyl halides is 3. The third-order valence-electron chi connectivity index (χ3n) is 11.5. The fourth-order valence-electron chi connectivity index (χ4n) is 9.06. The van der Waals surface area contributed by atoms with E-state index in [0.29, 0.717) is 5.56 Å². The fraction of sp³-hybridized carbons (Fsp3) is 0.378. The van der Waals surface area contributed by atoms with Gasteiger partial charge in [-0.1, -0.05) is 0 Å². The van der Waals surface area contributed by atoms with Gasteiger partial charge in [-0.2, -0.15) is 0 Å². The van der Waals surface area contributed by atoms with Crippen molar-refractivity contribution < 1.29 is 30.6 Å². The molecule has 278 valence electrons. The zero-order valence-electron chi connectivity index (χ0n) is 32.5. The molecule has 4 aromatic carbocycles. The van der Waals surface area contributed by atoms with Crippen LogP contribution in [0.2, 0.25) is 9.26 Å². The summed E-state index contributed by atoms with van der Waals surface area (Å²) in [5.74, 6) is 0.265. The molecule has 2 unspecified atom stereocenters. The molecule has 0 aliphatic heterocycles. The van der Waals surface area contributed by atoms with E-state index in [4.69, 9.17) is 0 Å². The van der Waals surface area contributed by atoms with Crippen LogP contribution in [-0.4, -0.2) is 6.88 Å². The summed E-state index contributed by atoms with van der Waals surface area (Å²) < 4.78 is 50.1. The number of benzene rings is 4. The van der Waals surface area contributed by atoms with Gasteiger partial charge in [0.25, 0.3) is 0 Å². The molecule has 6 rings (SSSR count). The van der Waals surface area contributed by atoms with E-state index >= 15 is 13.2 Å². The summed E-state index contributed by atoms with van der Waals surface area (Å²) in [6.45, 7) is 21.9. The van der Waals surface area contributed by atoms with Crippen molar-refractivity contribution >= 4 is 43.8 Å². The zero-order chi connectivity index (χ0) is 36.8. The van der Waals surface area contributed by atoms with Crippen molar-refractivity contribution in [3.63, 3.8) is 0 Å². The first-order valence-electron chi connectivity index (χ1n) is 18.0. The van der Waals surface area contributed by atoms with Gasteiger partial charge in [0.15, 0.2) is 0 Å². The van der Waals surface area contributed by atoms with E-state index in [2.05, 4.69) is 157 Å². The van der Waals surface area contributed by atoms with Gasteiger partial charge in [0, 0.05) is 0 Å². The number of fused-ring (bicyclic) bond motifs is 2. The Balaban J connectivity index is 0.00000302. The molecule has 2 aliphatic rings. The van der Waals surface area contributed by atoms with Crippen molar-refractivity contribution in [1.29, 1.82) is 0 Å². The minimum atomic E-state index is -4.45. The Morgan fingerprint density at radius 3 is 1.56 bits per heavy atom. The maximum Gasteiger partial charge on any atom is -0.147 e. The average molecular weight is 843 g/mol. The van der Waals surface area contributed by atoms with Gasteiger partial charge < -0.3 is 0 Å². The molecule has 0 bridgehead atoms. The Labute approximate surface area is 325 Å². The monoisotopic (exact) mass is 840 g/mol. The van der Waals surface area contributed by atoms with E-state index in [1.807, 2.05) is 0 Å². The number of halogens is 5. The van der Waals surface area contributed by atoms with Crippen molar-refractivity contribution in [2.24, 2.45) is 5.92 Å². The Kier molecular flexibility index (Phi) is 11.6. The Hall–Kier alpha value is -2.17. The van der Waals surface area contributed by atoms with Gasteiger partial charge in [-0.3, -0.25) is 0 Å². The molecule has 7 heteroatoms. The first-order chi connectivity index (χ1) is 23.0. The Morgan fingerprint density at radius 2 is 1.12 bits per heavy atom. The van der Waals surface area contributed by atoms with Crippen molar-refractivity contribution in [3.8, 4) is 22.3 Å². The topological polar surface area (TPSA) is 0 Å². The largest absolute Gasteiger partial charge is 0.147 e. The van der Waals surface area contributed by atoms with E-state index in [9.17, 15) is 0 Å². The van der Waals surface area contributed by atoms with Crippen LogP contribution < -0.4 is 0 Å². The molecule has 0 heterocycles. The van der Waals surface area contributed by atoms with Crippen LogP contribution in [0.25, 0.3) is 34.4 Å². The predicted octanol–water partition coefficient (Wildman–Crippen LogP) is 14.1. The van der Waals surface area contributed by atoms with Crippen molar-refractivity contribution in [1.82, 2.24) is 0 Å².